The number of rotatable bonds is 5. The van der Waals surface area contributed by atoms with E-state index in [1.807, 2.05) is 54.3 Å². The maximum atomic E-state index is 13.1. The molecule has 0 radical (unpaired) electrons. The monoisotopic (exact) mass is 338 g/mol. The van der Waals surface area contributed by atoms with E-state index in [2.05, 4.69) is 5.32 Å². The summed E-state index contributed by atoms with van der Waals surface area (Å²) < 4.78 is 11.4. The van der Waals surface area contributed by atoms with Crippen LogP contribution in [0.15, 0.2) is 42.5 Å². The fraction of sp³-hybridized carbons (Fsp3) is 0.350. The number of amides is 1. The van der Waals surface area contributed by atoms with E-state index in [1.165, 1.54) is 0 Å². The molecule has 4 rings (SSSR count). The van der Waals surface area contributed by atoms with E-state index in [9.17, 15) is 4.79 Å². The summed E-state index contributed by atoms with van der Waals surface area (Å²) in [6.07, 6.45) is 1.82. The Kier molecular flexibility index (Phi) is 3.99. The van der Waals surface area contributed by atoms with E-state index < -0.39 is 0 Å². The van der Waals surface area contributed by atoms with Crippen LogP contribution in [-0.4, -0.2) is 30.6 Å². The van der Waals surface area contributed by atoms with Crippen molar-refractivity contribution < 1.29 is 14.3 Å². The van der Waals surface area contributed by atoms with Crippen LogP contribution in [0.4, 0.5) is 5.69 Å². The first-order valence-corrected chi connectivity index (χ1v) is 8.72. The molecule has 1 fully saturated rings. The molecule has 1 N–H and O–H groups in total. The van der Waals surface area contributed by atoms with Gasteiger partial charge in [0.15, 0.2) is 11.5 Å². The van der Waals surface area contributed by atoms with Crippen LogP contribution >= 0.6 is 0 Å². The molecule has 1 atom stereocenters. The van der Waals surface area contributed by atoms with E-state index >= 15 is 0 Å². The topological polar surface area (TPSA) is 50.8 Å². The van der Waals surface area contributed by atoms with Gasteiger partial charge in [-0.25, -0.2) is 0 Å². The van der Waals surface area contributed by atoms with Crippen molar-refractivity contribution in [2.75, 3.05) is 19.0 Å². The molecule has 5 heteroatoms. The van der Waals surface area contributed by atoms with Gasteiger partial charge in [0.1, 0.15) is 6.17 Å². The number of carbonyl (C=O) groups excluding carboxylic acids is 1. The maximum Gasteiger partial charge on any atom is 0.258 e. The molecule has 1 saturated carbocycles. The summed E-state index contributed by atoms with van der Waals surface area (Å²) in [6.45, 7) is 2.51. The molecule has 0 bridgehead atoms. The smallest absolute Gasteiger partial charge is 0.258 e. The van der Waals surface area contributed by atoms with Crippen LogP contribution in [0, 0.1) is 0 Å². The van der Waals surface area contributed by atoms with Crippen molar-refractivity contribution in [3.8, 4) is 11.5 Å². The summed E-state index contributed by atoms with van der Waals surface area (Å²) in [5, 5.41) is 3.53. The fourth-order valence-electron chi connectivity index (χ4n) is 3.46. The number of anilines is 1. The zero-order chi connectivity index (χ0) is 17.4. The quantitative estimate of drug-likeness (QED) is 0.900. The molecule has 130 valence electrons. The number of carbonyl (C=O) groups is 1. The van der Waals surface area contributed by atoms with Crippen molar-refractivity contribution in [2.24, 2.45) is 0 Å². The van der Waals surface area contributed by atoms with Gasteiger partial charge in [-0.05, 0) is 38.0 Å². The number of methoxy groups -OCH3 is 1. The predicted molar refractivity (Wildman–Crippen MR) is 96.2 cm³/mol. The Balaban J connectivity index is 1.81. The molecule has 2 aromatic carbocycles. The third-order valence-electron chi connectivity index (χ3n) is 4.71. The summed E-state index contributed by atoms with van der Waals surface area (Å²) in [7, 11) is 1.64. The molecule has 1 aliphatic carbocycles. The van der Waals surface area contributed by atoms with Gasteiger partial charge in [0.2, 0.25) is 0 Å². The third-order valence-corrected chi connectivity index (χ3v) is 4.71. The van der Waals surface area contributed by atoms with Gasteiger partial charge < -0.3 is 19.7 Å². The number of benzene rings is 2. The lowest BCUT2D eigenvalue weighted by atomic mass is 10.0. The fourth-order valence-corrected chi connectivity index (χ4v) is 3.46. The number of nitrogens with zero attached hydrogens (tertiary/aromatic N) is 1. The van der Waals surface area contributed by atoms with Crippen molar-refractivity contribution in [3.63, 3.8) is 0 Å². The minimum Gasteiger partial charge on any atom is -0.492 e. The van der Waals surface area contributed by atoms with Crippen LogP contribution in [0.5, 0.6) is 11.5 Å². The number of nitrogens with one attached hydrogen (secondary N) is 1. The predicted octanol–water partition coefficient (Wildman–Crippen LogP) is 3.82. The molecule has 0 aromatic heterocycles. The van der Waals surface area contributed by atoms with Crippen LogP contribution < -0.4 is 14.8 Å². The van der Waals surface area contributed by atoms with Gasteiger partial charge in [-0.3, -0.25) is 4.79 Å². The summed E-state index contributed by atoms with van der Waals surface area (Å²) in [5.41, 5.74) is 2.51. The Morgan fingerprint density at radius 1 is 1.16 bits per heavy atom. The highest BCUT2D eigenvalue weighted by Crippen LogP contribution is 2.44. The number of hydrogen-bond acceptors (Lipinski definition) is 4. The Labute approximate surface area is 147 Å². The lowest BCUT2D eigenvalue weighted by Crippen LogP contribution is -2.44. The first-order valence-electron chi connectivity index (χ1n) is 8.72. The van der Waals surface area contributed by atoms with E-state index in [4.69, 9.17) is 9.47 Å². The largest absolute Gasteiger partial charge is 0.492 e. The molecule has 0 unspecified atom stereocenters. The first-order chi connectivity index (χ1) is 12.2. The summed E-state index contributed by atoms with van der Waals surface area (Å²) in [6, 6.07) is 13.8. The molecule has 1 aliphatic heterocycles. The lowest BCUT2D eigenvalue weighted by molar-refractivity contribution is 0.0664. The second-order valence-electron chi connectivity index (χ2n) is 6.35. The van der Waals surface area contributed by atoms with Crippen LogP contribution in [0.25, 0.3) is 0 Å². The highest BCUT2D eigenvalue weighted by atomic mass is 16.5. The molecule has 5 nitrogen and oxygen atoms in total. The zero-order valence-electron chi connectivity index (χ0n) is 14.5. The van der Waals surface area contributed by atoms with Gasteiger partial charge >= 0.3 is 0 Å². The summed E-state index contributed by atoms with van der Waals surface area (Å²) in [5.74, 6) is 1.46. The SMILES string of the molecule is CCOc1cccc([C@H]2Nc3ccccc3C(=O)N2C2CC2)c1OC. The van der Waals surface area contributed by atoms with Crippen LogP contribution in [-0.2, 0) is 0 Å². The number of fused-ring (bicyclic) bond motifs is 1. The number of hydrogen-bond donors (Lipinski definition) is 1. The van der Waals surface area contributed by atoms with Gasteiger partial charge in [-0.15, -0.1) is 0 Å². The van der Waals surface area contributed by atoms with Gasteiger partial charge in [0.05, 0.1) is 19.3 Å². The second kappa shape index (κ2) is 6.31. The normalized spacial score (nSPS) is 19.2. The van der Waals surface area contributed by atoms with Crippen molar-refractivity contribution in [1.82, 2.24) is 4.90 Å². The zero-order valence-corrected chi connectivity index (χ0v) is 14.5. The Bertz CT molecular complexity index is 801. The highest BCUT2D eigenvalue weighted by Gasteiger charge is 2.43. The standard InChI is InChI=1S/C20H22N2O3/c1-3-25-17-10-6-8-15(18(17)24-2)19-21-16-9-5-4-7-14(16)20(23)22(19)13-11-12-13/h4-10,13,19,21H,3,11-12H2,1-2H3/t19-/m0/s1. The van der Waals surface area contributed by atoms with Crippen molar-refractivity contribution >= 4 is 11.6 Å². The molecule has 1 heterocycles. The molecule has 0 saturated heterocycles. The van der Waals surface area contributed by atoms with Gasteiger partial charge in [0, 0.05) is 17.3 Å². The Hall–Kier alpha value is -2.69. The van der Waals surface area contributed by atoms with E-state index in [-0.39, 0.29) is 18.1 Å². The number of para-hydroxylation sites is 2. The van der Waals surface area contributed by atoms with Crippen LogP contribution in [0.1, 0.15) is 41.9 Å². The number of ether oxygens (including phenoxy) is 2. The summed E-state index contributed by atoms with van der Waals surface area (Å²) in [4.78, 5) is 15.1. The molecule has 0 spiro atoms. The third kappa shape index (κ3) is 2.69. The molecule has 1 amide bonds. The minimum atomic E-state index is -0.259. The van der Waals surface area contributed by atoms with E-state index in [0.29, 0.717) is 18.1 Å². The van der Waals surface area contributed by atoms with E-state index in [0.717, 1.165) is 29.7 Å². The van der Waals surface area contributed by atoms with Gasteiger partial charge in [-0.2, -0.15) is 0 Å². The Morgan fingerprint density at radius 3 is 2.68 bits per heavy atom. The molecule has 2 aliphatic rings. The summed E-state index contributed by atoms with van der Waals surface area (Å²) >= 11 is 0. The highest BCUT2D eigenvalue weighted by molar-refractivity contribution is 6.02. The minimum absolute atomic E-state index is 0.0747. The van der Waals surface area contributed by atoms with Crippen molar-refractivity contribution in [1.29, 1.82) is 0 Å². The molecule has 25 heavy (non-hydrogen) atoms. The molecular formula is C20H22N2O3. The van der Waals surface area contributed by atoms with Crippen LogP contribution in [0.3, 0.4) is 0 Å². The van der Waals surface area contributed by atoms with Gasteiger partial charge in [0.25, 0.3) is 5.91 Å². The molecule has 2 aromatic rings. The Morgan fingerprint density at radius 2 is 1.96 bits per heavy atom. The second-order valence-corrected chi connectivity index (χ2v) is 6.35. The van der Waals surface area contributed by atoms with Gasteiger partial charge in [-0.1, -0.05) is 24.3 Å². The molecular weight excluding hydrogens is 316 g/mol. The van der Waals surface area contributed by atoms with Crippen molar-refractivity contribution in [3.05, 3.63) is 53.6 Å². The van der Waals surface area contributed by atoms with Crippen molar-refractivity contribution in [2.45, 2.75) is 32.0 Å². The first kappa shape index (κ1) is 15.8. The average molecular weight is 338 g/mol. The van der Waals surface area contributed by atoms with Crippen LogP contribution in [0.2, 0.25) is 0 Å². The van der Waals surface area contributed by atoms with E-state index in [1.54, 1.807) is 7.11 Å². The average Bonchev–Trinajstić information content (AvgIpc) is 3.46. The lowest BCUT2D eigenvalue weighted by Gasteiger charge is -2.39. The maximum absolute atomic E-state index is 13.1.